The molecule has 0 aliphatic rings. The monoisotopic (exact) mass is 235 g/mol. The van der Waals surface area contributed by atoms with Gasteiger partial charge in [0.15, 0.2) is 6.61 Å². The molecule has 88 valence electrons. The molecule has 2 N–H and O–H groups in total. The minimum Gasteiger partial charge on any atom is -0.479 e. The van der Waals surface area contributed by atoms with Crippen LogP contribution in [0.4, 0.5) is 5.69 Å². The van der Waals surface area contributed by atoms with E-state index in [4.69, 9.17) is 9.52 Å². The van der Waals surface area contributed by atoms with Crippen LogP contribution < -0.4 is 11.1 Å². The second-order valence-electron chi connectivity index (χ2n) is 3.27. The molecular weight excluding hydrogens is 226 g/mol. The van der Waals surface area contributed by atoms with Gasteiger partial charge in [-0.1, -0.05) is 18.2 Å². The van der Waals surface area contributed by atoms with E-state index >= 15 is 0 Å². The molecule has 0 bridgehead atoms. The molecule has 0 aliphatic carbocycles. The molecule has 2 rings (SSSR count). The van der Waals surface area contributed by atoms with Crippen LogP contribution in [-0.2, 0) is 9.63 Å². The molecule has 1 heterocycles. The molecule has 0 unspecified atom stereocenters. The molecule has 0 fully saturated rings. The Labute approximate surface area is 95.4 Å². The van der Waals surface area contributed by atoms with Crippen LogP contribution in [0, 0.1) is 0 Å². The van der Waals surface area contributed by atoms with Crippen molar-refractivity contribution in [2.45, 2.75) is 0 Å². The molecule has 0 aliphatic heterocycles. The van der Waals surface area contributed by atoms with Gasteiger partial charge in [-0.3, -0.25) is 10.3 Å². The van der Waals surface area contributed by atoms with E-state index < -0.39 is 18.2 Å². The number of hydrogen-bond donors (Lipinski definition) is 2. The molecule has 0 saturated carbocycles. The van der Waals surface area contributed by atoms with Gasteiger partial charge in [0.2, 0.25) is 0 Å². The molecular formula is C11H9NO5. The summed E-state index contributed by atoms with van der Waals surface area (Å²) in [5, 5.41) is 9.08. The fraction of sp³-hybridized carbons (Fsp3) is 0.0909. The Morgan fingerprint density at radius 3 is 2.94 bits per heavy atom. The molecule has 0 amide bonds. The minimum atomic E-state index is -1.14. The molecule has 1 aromatic carbocycles. The third-order valence-electron chi connectivity index (χ3n) is 2.02. The van der Waals surface area contributed by atoms with Crippen LogP contribution in [0.25, 0.3) is 11.0 Å². The average molecular weight is 235 g/mol. The smallest absolute Gasteiger partial charge is 0.362 e. The highest BCUT2D eigenvalue weighted by Gasteiger charge is 2.05. The quantitative estimate of drug-likeness (QED) is 0.611. The number of rotatable bonds is 4. The molecule has 1 aromatic heterocycles. The molecule has 2 aromatic rings. The fourth-order valence-electron chi connectivity index (χ4n) is 1.31. The second-order valence-corrected chi connectivity index (χ2v) is 3.27. The molecule has 6 nitrogen and oxygen atoms in total. The topological polar surface area (TPSA) is 88.8 Å². The first kappa shape index (κ1) is 11.2. The molecule has 0 spiro atoms. The normalized spacial score (nSPS) is 10.4. The highest BCUT2D eigenvalue weighted by atomic mass is 16.7. The maximum Gasteiger partial charge on any atom is 0.362 e. The Balaban J connectivity index is 2.25. The minimum absolute atomic E-state index is 0.0601. The maximum atomic E-state index is 11.5. The van der Waals surface area contributed by atoms with Gasteiger partial charge >= 0.3 is 11.6 Å². The van der Waals surface area contributed by atoms with Crippen molar-refractivity contribution in [3.05, 3.63) is 40.8 Å². The Morgan fingerprint density at radius 1 is 1.41 bits per heavy atom. The van der Waals surface area contributed by atoms with Crippen molar-refractivity contribution in [3.63, 3.8) is 0 Å². The van der Waals surface area contributed by atoms with Crippen LogP contribution in [0.1, 0.15) is 0 Å². The van der Waals surface area contributed by atoms with Crippen molar-refractivity contribution in [2.24, 2.45) is 0 Å². The third kappa shape index (κ3) is 2.61. The zero-order valence-corrected chi connectivity index (χ0v) is 8.67. The SMILES string of the molecule is O=C(O)CONc1cc2ccccc2oc1=O. The summed E-state index contributed by atoms with van der Waals surface area (Å²) >= 11 is 0. The number of carboxylic acid groups (broad SMARTS) is 1. The molecule has 6 heteroatoms. The van der Waals surface area contributed by atoms with Gasteiger partial charge in [0.1, 0.15) is 11.3 Å². The van der Waals surface area contributed by atoms with E-state index in [2.05, 4.69) is 10.3 Å². The molecule has 0 radical (unpaired) electrons. The maximum absolute atomic E-state index is 11.5. The summed E-state index contributed by atoms with van der Waals surface area (Å²) in [4.78, 5) is 26.3. The van der Waals surface area contributed by atoms with Crippen molar-refractivity contribution >= 4 is 22.6 Å². The standard InChI is InChI=1S/C11H9NO5/c13-10(14)6-16-12-8-5-7-3-1-2-4-9(7)17-11(8)15/h1-5,12H,6H2,(H,13,14). The Morgan fingerprint density at radius 2 is 2.18 bits per heavy atom. The Bertz CT molecular complexity index is 604. The number of benzene rings is 1. The number of carboxylic acids is 1. The lowest BCUT2D eigenvalue weighted by atomic mass is 10.2. The van der Waals surface area contributed by atoms with Gasteiger partial charge in [-0.2, -0.15) is 0 Å². The highest BCUT2D eigenvalue weighted by molar-refractivity contribution is 5.79. The van der Waals surface area contributed by atoms with Gasteiger partial charge in [0.05, 0.1) is 0 Å². The van der Waals surface area contributed by atoms with Crippen LogP contribution >= 0.6 is 0 Å². The van der Waals surface area contributed by atoms with E-state index in [1.807, 2.05) is 0 Å². The van der Waals surface area contributed by atoms with Crippen molar-refractivity contribution in [1.82, 2.24) is 0 Å². The molecule has 17 heavy (non-hydrogen) atoms. The third-order valence-corrected chi connectivity index (χ3v) is 2.02. The molecule has 0 atom stereocenters. The van der Waals surface area contributed by atoms with Crippen LogP contribution in [0.5, 0.6) is 0 Å². The van der Waals surface area contributed by atoms with Crippen LogP contribution in [0.15, 0.2) is 39.5 Å². The van der Waals surface area contributed by atoms with Crippen LogP contribution in [0.2, 0.25) is 0 Å². The number of carbonyl (C=O) groups is 1. The first-order valence-corrected chi connectivity index (χ1v) is 4.79. The largest absolute Gasteiger partial charge is 0.479 e. The van der Waals surface area contributed by atoms with E-state index in [1.165, 1.54) is 6.07 Å². The van der Waals surface area contributed by atoms with E-state index in [0.717, 1.165) is 0 Å². The lowest BCUT2D eigenvalue weighted by molar-refractivity contribution is -0.141. The highest BCUT2D eigenvalue weighted by Crippen LogP contribution is 2.14. The zero-order chi connectivity index (χ0) is 12.3. The summed E-state index contributed by atoms with van der Waals surface area (Å²) in [6.45, 7) is -0.549. The van der Waals surface area contributed by atoms with E-state index in [-0.39, 0.29) is 5.69 Å². The second kappa shape index (κ2) is 4.67. The number of nitrogens with one attached hydrogen (secondary N) is 1. The van der Waals surface area contributed by atoms with E-state index in [1.54, 1.807) is 24.3 Å². The summed E-state index contributed by atoms with van der Waals surface area (Å²) < 4.78 is 5.00. The lowest BCUT2D eigenvalue weighted by Crippen LogP contribution is -2.15. The van der Waals surface area contributed by atoms with Crippen LogP contribution in [-0.4, -0.2) is 17.7 Å². The van der Waals surface area contributed by atoms with E-state index in [9.17, 15) is 9.59 Å². The van der Waals surface area contributed by atoms with Gasteiger partial charge in [0.25, 0.3) is 0 Å². The average Bonchev–Trinajstić information content (AvgIpc) is 2.29. The van der Waals surface area contributed by atoms with Crippen molar-refractivity contribution in [3.8, 4) is 0 Å². The lowest BCUT2D eigenvalue weighted by Gasteiger charge is -2.04. The first-order valence-electron chi connectivity index (χ1n) is 4.79. The van der Waals surface area contributed by atoms with Crippen LogP contribution in [0.3, 0.4) is 0 Å². The fourth-order valence-corrected chi connectivity index (χ4v) is 1.31. The van der Waals surface area contributed by atoms with E-state index in [0.29, 0.717) is 11.0 Å². The summed E-state index contributed by atoms with van der Waals surface area (Å²) in [7, 11) is 0. The predicted molar refractivity (Wildman–Crippen MR) is 59.7 cm³/mol. The Kier molecular flexibility index (Phi) is 3.06. The zero-order valence-electron chi connectivity index (χ0n) is 8.67. The van der Waals surface area contributed by atoms with Gasteiger partial charge in [0, 0.05) is 5.39 Å². The van der Waals surface area contributed by atoms with Crippen molar-refractivity contribution in [2.75, 3.05) is 12.1 Å². The van der Waals surface area contributed by atoms with Gasteiger partial charge in [-0.05, 0) is 12.1 Å². The van der Waals surface area contributed by atoms with Crippen molar-refractivity contribution < 1.29 is 19.2 Å². The number of anilines is 1. The Hall–Kier alpha value is -2.34. The number of para-hydroxylation sites is 1. The predicted octanol–water partition coefficient (Wildman–Crippen LogP) is 1.22. The van der Waals surface area contributed by atoms with Gasteiger partial charge < -0.3 is 9.52 Å². The summed E-state index contributed by atoms with van der Waals surface area (Å²) in [5.74, 6) is -1.14. The summed E-state index contributed by atoms with van der Waals surface area (Å²) in [6, 6.07) is 8.51. The summed E-state index contributed by atoms with van der Waals surface area (Å²) in [5.41, 5.74) is 2.15. The van der Waals surface area contributed by atoms with Gasteiger partial charge in [-0.25, -0.2) is 9.59 Å². The number of aliphatic carboxylic acids is 1. The number of fused-ring (bicyclic) bond motifs is 1. The number of hydrogen-bond acceptors (Lipinski definition) is 5. The molecule has 0 saturated heterocycles. The summed E-state index contributed by atoms with van der Waals surface area (Å²) in [6.07, 6.45) is 0. The van der Waals surface area contributed by atoms with Gasteiger partial charge in [-0.15, -0.1) is 0 Å². The first-order chi connectivity index (χ1) is 8.16. The van der Waals surface area contributed by atoms with Crippen molar-refractivity contribution in [1.29, 1.82) is 0 Å².